The molecule has 0 atom stereocenters. The van der Waals surface area contributed by atoms with Gasteiger partial charge in [-0.05, 0) is 42.0 Å². The van der Waals surface area contributed by atoms with E-state index in [4.69, 9.17) is 0 Å². The normalized spacial score (nSPS) is 10.1. The number of aromatic nitrogens is 1. The van der Waals surface area contributed by atoms with E-state index in [2.05, 4.69) is 15.6 Å². The monoisotopic (exact) mass is 329 g/mol. The Morgan fingerprint density at radius 2 is 1.52 bits per heavy atom. The molecule has 5 nitrogen and oxygen atoms in total. The Morgan fingerprint density at radius 3 is 2.09 bits per heavy atom. The summed E-state index contributed by atoms with van der Waals surface area (Å²) in [6, 6.07) is 11.0. The molecule has 0 unspecified atom stereocenters. The number of hydrogen-bond acceptors (Lipinski definition) is 4. The summed E-state index contributed by atoms with van der Waals surface area (Å²) in [6.07, 6.45) is 3.93. The molecule has 1 aromatic heterocycles. The number of nitrogens with one attached hydrogen (secondary N) is 2. The molecule has 0 radical (unpaired) electrons. The molecule has 0 aliphatic carbocycles. The third kappa shape index (κ3) is 6.12. The molecule has 0 aliphatic heterocycles. The lowest BCUT2D eigenvalue weighted by molar-refractivity contribution is -0.116. The molecule has 2 aromatic rings. The standard InChI is InChI=1S/C17H19N3O2S/c1-2-16(21)19-14-3-5-15(6-4-14)20-17(22)12-23-11-13-7-9-18-10-8-13/h3-10H,2,11-12H2,1H3,(H,19,21)(H,20,22). The maximum absolute atomic E-state index is 11.9. The smallest absolute Gasteiger partial charge is 0.234 e. The molecule has 6 heteroatoms. The van der Waals surface area contributed by atoms with Crippen LogP contribution in [0.5, 0.6) is 0 Å². The van der Waals surface area contributed by atoms with Crippen molar-refractivity contribution >= 4 is 35.0 Å². The Morgan fingerprint density at radius 1 is 0.957 bits per heavy atom. The van der Waals surface area contributed by atoms with Gasteiger partial charge in [0.2, 0.25) is 11.8 Å². The van der Waals surface area contributed by atoms with Crippen LogP contribution in [0.15, 0.2) is 48.8 Å². The number of pyridine rings is 1. The Balaban J connectivity index is 1.75. The van der Waals surface area contributed by atoms with Gasteiger partial charge in [-0.25, -0.2) is 0 Å². The summed E-state index contributed by atoms with van der Waals surface area (Å²) >= 11 is 1.55. The van der Waals surface area contributed by atoms with E-state index < -0.39 is 0 Å². The second-order valence-corrected chi connectivity index (χ2v) is 5.86. The van der Waals surface area contributed by atoms with Crippen LogP contribution in [0.3, 0.4) is 0 Å². The third-order valence-corrected chi connectivity index (χ3v) is 4.03. The Kier molecular flexibility index (Phi) is 6.62. The predicted molar refractivity (Wildman–Crippen MR) is 94.4 cm³/mol. The van der Waals surface area contributed by atoms with E-state index in [0.717, 1.165) is 17.0 Å². The minimum atomic E-state index is -0.0469. The maximum atomic E-state index is 11.9. The Labute approximate surface area is 139 Å². The number of rotatable bonds is 7. The molecule has 23 heavy (non-hydrogen) atoms. The highest BCUT2D eigenvalue weighted by Crippen LogP contribution is 2.15. The molecule has 0 saturated heterocycles. The molecule has 1 heterocycles. The van der Waals surface area contributed by atoms with E-state index in [1.54, 1.807) is 55.3 Å². The van der Waals surface area contributed by atoms with Crippen molar-refractivity contribution in [2.24, 2.45) is 0 Å². The minimum absolute atomic E-state index is 0.0331. The molecule has 2 rings (SSSR count). The molecule has 0 spiro atoms. The summed E-state index contributed by atoms with van der Waals surface area (Å²) in [5, 5.41) is 5.60. The zero-order valence-corrected chi connectivity index (χ0v) is 13.7. The zero-order chi connectivity index (χ0) is 16.5. The molecule has 1 aromatic carbocycles. The summed E-state index contributed by atoms with van der Waals surface area (Å²) in [5.74, 6) is 1.08. The highest BCUT2D eigenvalue weighted by atomic mass is 32.2. The number of amides is 2. The Bertz CT molecular complexity index is 645. The van der Waals surface area contributed by atoms with Gasteiger partial charge in [-0.3, -0.25) is 14.6 Å². The van der Waals surface area contributed by atoms with Crippen molar-refractivity contribution in [3.8, 4) is 0 Å². The summed E-state index contributed by atoms with van der Waals surface area (Å²) in [7, 11) is 0. The minimum Gasteiger partial charge on any atom is -0.326 e. The van der Waals surface area contributed by atoms with Crippen LogP contribution in [0.4, 0.5) is 11.4 Å². The highest BCUT2D eigenvalue weighted by Gasteiger charge is 2.04. The molecular formula is C17H19N3O2S. The molecule has 2 amide bonds. The summed E-state index contributed by atoms with van der Waals surface area (Å²) < 4.78 is 0. The molecular weight excluding hydrogens is 310 g/mol. The molecule has 2 N–H and O–H groups in total. The second kappa shape index (κ2) is 8.95. The average molecular weight is 329 g/mol. The first-order valence-corrected chi connectivity index (χ1v) is 8.49. The fourth-order valence-electron chi connectivity index (χ4n) is 1.82. The van der Waals surface area contributed by atoms with Gasteiger partial charge < -0.3 is 10.6 Å². The van der Waals surface area contributed by atoms with Crippen molar-refractivity contribution in [3.05, 3.63) is 54.4 Å². The van der Waals surface area contributed by atoms with Gasteiger partial charge in [0.05, 0.1) is 5.75 Å². The Hall–Kier alpha value is -2.34. The van der Waals surface area contributed by atoms with Gasteiger partial charge in [0.25, 0.3) is 0 Å². The van der Waals surface area contributed by atoms with Crippen LogP contribution in [0.2, 0.25) is 0 Å². The van der Waals surface area contributed by atoms with Crippen molar-refractivity contribution in [2.75, 3.05) is 16.4 Å². The van der Waals surface area contributed by atoms with E-state index in [9.17, 15) is 9.59 Å². The lowest BCUT2D eigenvalue weighted by Gasteiger charge is -2.07. The van der Waals surface area contributed by atoms with Crippen molar-refractivity contribution in [3.63, 3.8) is 0 Å². The van der Waals surface area contributed by atoms with E-state index in [0.29, 0.717) is 17.9 Å². The topological polar surface area (TPSA) is 71.1 Å². The number of hydrogen-bond donors (Lipinski definition) is 2. The first-order chi connectivity index (χ1) is 11.2. The summed E-state index contributed by atoms with van der Waals surface area (Å²) in [5.41, 5.74) is 2.59. The van der Waals surface area contributed by atoms with Crippen LogP contribution >= 0.6 is 11.8 Å². The van der Waals surface area contributed by atoms with E-state index in [1.807, 2.05) is 12.1 Å². The molecule has 0 fully saturated rings. The van der Waals surface area contributed by atoms with Crippen molar-refractivity contribution in [2.45, 2.75) is 19.1 Å². The number of nitrogens with zero attached hydrogens (tertiary/aromatic N) is 1. The van der Waals surface area contributed by atoms with Gasteiger partial charge in [0.1, 0.15) is 0 Å². The lowest BCUT2D eigenvalue weighted by Crippen LogP contribution is -2.14. The number of anilines is 2. The zero-order valence-electron chi connectivity index (χ0n) is 12.9. The van der Waals surface area contributed by atoms with Gasteiger partial charge in [-0.2, -0.15) is 0 Å². The van der Waals surface area contributed by atoms with Gasteiger partial charge in [-0.1, -0.05) is 6.92 Å². The quantitative estimate of drug-likeness (QED) is 0.817. The highest BCUT2D eigenvalue weighted by molar-refractivity contribution is 7.99. The first-order valence-electron chi connectivity index (χ1n) is 7.34. The predicted octanol–water partition coefficient (Wildman–Crippen LogP) is 3.30. The van der Waals surface area contributed by atoms with E-state index in [-0.39, 0.29) is 11.8 Å². The maximum Gasteiger partial charge on any atom is 0.234 e. The first kappa shape index (κ1) is 17.0. The van der Waals surface area contributed by atoms with Crippen LogP contribution in [-0.4, -0.2) is 22.6 Å². The molecule has 0 aliphatic rings. The van der Waals surface area contributed by atoms with Gasteiger partial charge in [0, 0.05) is 35.9 Å². The van der Waals surface area contributed by atoms with Crippen molar-refractivity contribution in [1.82, 2.24) is 4.98 Å². The summed E-state index contributed by atoms with van der Waals surface area (Å²) in [4.78, 5) is 27.1. The van der Waals surface area contributed by atoms with Crippen LogP contribution < -0.4 is 10.6 Å². The van der Waals surface area contributed by atoms with Crippen LogP contribution in [0.25, 0.3) is 0 Å². The van der Waals surface area contributed by atoms with Gasteiger partial charge in [0.15, 0.2) is 0 Å². The molecule has 0 bridgehead atoms. The number of carbonyl (C=O) groups is 2. The number of benzene rings is 1. The largest absolute Gasteiger partial charge is 0.326 e. The molecule has 0 saturated carbocycles. The van der Waals surface area contributed by atoms with Crippen LogP contribution in [-0.2, 0) is 15.3 Å². The number of carbonyl (C=O) groups excluding carboxylic acids is 2. The third-order valence-electron chi connectivity index (χ3n) is 3.02. The van der Waals surface area contributed by atoms with Gasteiger partial charge >= 0.3 is 0 Å². The SMILES string of the molecule is CCC(=O)Nc1ccc(NC(=O)CSCc2ccncc2)cc1. The van der Waals surface area contributed by atoms with Crippen LogP contribution in [0.1, 0.15) is 18.9 Å². The fourth-order valence-corrected chi connectivity index (χ4v) is 2.61. The molecule has 120 valence electrons. The fraction of sp³-hybridized carbons (Fsp3) is 0.235. The average Bonchev–Trinajstić information content (AvgIpc) is 2.57. The van der Waals surface area contributed by atoms with E-state index in [1.165, 1.54) is 0 Å². The second-order valence-electron chi connectivity index (χ2n) is 4.88. The van der Waals surface area contributed by atoms with Gasteiger partial charge in [-0.15, -0.1) is 11.8 Å². The number of thioether (sulfide) groups is 1. The van der Waals surface area contributed by atoms with E-state index >= 15 is 0 Å². The summed E-state index contributed by atoms with van der Waals surface area (Å²) in [6.45, 7) is 1.80. The van der Waals surface area contributed by atoms with Crippen LogP contribution in [0, 0.1) is 0 Å². The lowest BCUT2D eigenvalue weighted by atomic mass is 10.2. The van der Waals surface area contributed by atoms with Crippen molar-refractivity contribution in [1.29, 1.82) is 0 Å². The van der Waals surface area contributed by atoms with Crippen molar-refractivity contribution < 1.29 is 9.59 Å².